The zero-order chi connectivity index (χ0) is 21.0. The van der Waals surface area contributed by atoms with Crippen molar-refractivity contribution in [3.05, 3.63) is 53.7 Å². The predicted octanol–water partition coefficient (Wildman–Crippen LogP) is 4.10. The third-order valence-corrected chi connectivity index (χ3v) is 4.05. The fourth-order valence-corrected chi connectivity index (χ4v) is 2.67. The number of rotatable bonds is 7. The Bertz CT molecular complexity index is 1020. The van der Waals surface area contributed by atoms with E-state index in [2.05, 4.69) is 9.97 Å². The zero-order valence-electron chi connectivity index (χ0n) is 15.4. The highest BCUT2D eigenvalue weighted by Crippen LogP contribution is 2.32. The van der Waals surface area contributed by atoms with Gasteiger partial charge in [0.05, 0.1) is 17.7 Å². The number of ether oxygens (including phenoxy) is 2. The molecule has 0 aliphatic heterocycles. The topological polar surface area (TPSA) is 81.5 Å². The molecule has 0 saturated carbocycles. The molecule has 0 amide bonds. The summed E-state index contributed by atoms with van der Waals surface area (Å²) in [4.78, 5) is 19.0. The summed E-state index contributed by atoms with van der Waals surface area (Å²) in [5.41, 5.74) is 0.665. The van der Waals surface area contributed by atoms with E-state index in [9.17, 15) is 18.0 Å². The van der Waals surface area contributed by atoms with Crippen LogP contribution in [0.2, 0.25) is 0 Å². The Kier molecular flexibility index (Phi) is 5.97. The van der Waals surface area contributed by atoms with Crippen LogP contribution in [0, 0.1) is 6.92 Å². The maximum Gasteiger partial charge on any atom is 0.416 e. The first kappa shape index (κ1) is 20.5. The van der Waals surface area contributed by atoms with Crippen molar-refractivity contribution in [2.75, 3.05) is 19.8 Å². The minimum atomic E-state index is -4.44. The van der Waals surface area contributed by atoms with Gasteiger partial charge in [0.2, 0.25) is 0 Å². The Labute approximate surface area is 163 Å². The third-order valence-electron chi connectivity index (χ3n) is 4.05. The number of aromatic nitrogens is 2. The SMILES string of the molecule is Cc1nc(-c2ccc(OCCOCC(=O)O)cc2)nc2cc(C(F)(F)F)ccc12. The Morgan fingerprint density at radius 3 is 2.45 bits per heavy atom. The standard InChI is InChI=1S/C20H17F3N2O4/c1-12-16-7-4-14(20(21,22)23)10-17(16)25-19(24-12)13-2-5-15(6-3-13)29-9-8-28-11-18(26)27/h2-7,10H,8-9,11H2,1H3,(H,26,27). The van der Waals surface area contributed by atoms with E-state index >= 15 is 0 Å². The van der Waals surface area contributed by atoms with Crippen LogP contribution >= 0.6 is 0 Å². The number of aryl methyl sites for hydroxylation is 1. The van der Waals surface area contributed by atoms with Crippen LogP contribution in [-0.4, -0.2) is 40.9 Å². The van der Waals surface area contributed by atoms with Crippen LogP contribution in [0.4, 0.5) is 13.2 Å². The first-order chi connectivity index (χ1) is 13.7. The Morgan fingerprint density at radius 2 is 1.79 bits per heavy atom. The first-order valence-electron chi connectivity index (χ1n) is 8.62. The molecule has 0 saturated heterocycles. The highest BCUT2D eigenvalue weighted by molar-refractivity contribution is 5.83. The van der Waals surface area contributed by atoms with Crippen molar-refractivity contribution < 1.29 is 32.5 Å². The van der Waals surface area contributed by atoms with Crippen molar-refractivity contribution in [3.63, 3.8) is 0 Å². The maximum atomic E-state index is 13.0. The summed E-state index contributed by atoms with van der Waals surface area (Å²) in [5.74, 6) is -0.211. The van der Waals surface area contributed by atoms with Crippen molar-refractivity contribution >= 4 is 16.9 Å². The Balaban J connectivity index is 1.76. The van der Waals surface area contributed by atoms with Gasteiger partial charge >= 0.3 is 12.1 Å². The van der Waals surface area contributed by atoms with Gasteiger partial charge in [0.1, 0.15) is 19.0 Å². The second-order valence-electron chi connectivity index (χ2n) is 6.18. The average Bonchev–Trinajstić information content (AvgIpc) is 2.67. The second-order valence-corrected chi connectivity index (χ2v) is 6.18. The van der Waals surface area contributed by atoms with Gasteiger partial charge in [-0.2, -0.15) is 13.2 Å². The van der Waals surface area contributed by atoms with E-state index in [1.165, 1.54) is 6.07 Å². The molecular formula is C20H17F3N2O4. The van der Waals surface area contributed by atoms with E-state index in [1.807, 2.05) is 0 Å². The van der Waals surface area contributed by atoms with Crippen LogP contribution in [-0.2, 0) is 15.7 Å². The van der Waals surface area contributed by atoms with E-state index in [0.29, 0.717) is 28.2 Å². The highest BCUT2D eigenvalue weighted by Gasteiger charge is 2.30. The number of alkyl halides is 3. The summed E-state index contributed by atoms with van der Waals surface area (Å²) in [6, 6.07) is 10.1. The summed E-state index contributed by atoms with van der Waals surface area (Å²) in [6.45, 7) is 1.63. The second kappa shape index (κ2) is 8.44. The molecule has 1 aromatic heterocycles. The molecule has 0 aliphatic rings. The van der Waals surface area contributed by atoms with Crippen molar-refractivity contribution in [3.8, 4) is 17.1 Å². The number of halogens is 3. The molecule has 0 fully saturated rings. The van der Waals surface area contributed by atoms with E-state index in [4.69, 9.17) is 14.6 Å². The van der Waals surface area contributed by atoms with E-state index in [-0.39, 0.29) is 18.7 Å². The number of carboxylic acids is 1. The molecule has 1 N–H and O–H groups in total. The van der Waals surface area contributed by atoms with Gasteiger partial charge in [-0.1, -0.05) is 6.07 Å². The number of carbonyl (C=O) groups is 1. The molecule has 0 aliphatic carbocycles. The zero-order valence-corrected chi connectivity index (χ0v) is 15.4. The lowest BCUT2D eigenvalue weighted by Crippen LogP contribution is -2.12. The summed E-state index contributed by atoms with van der Waals surface area (Å²) in [7, 11) is 0. The first-order valence-corrected chi connectivity index (χ1v) is 8.62. The van der Waals surface area contributed by atoms with Crippen LogP contribution < -0.4 is 4.74 Å². The lowest BCUT2D eigenvalue weighted by atomic mass is 10.1. The normalized spacial score (nSPS) is 11.6. The molecule has 29 heavy (non-hydrogen) atoms. The molecule has 3 rings (SSSR count). The van der Waals surface area contributed by atoms with Crippen LogP contribution in [0.5, 0.6) is 5.75 Å². The molecule has 1 heterocycles. The number of nitrogens with zero attached hydrogens (tertiary/aromatic N) is 2. The van der Waals surface area contributed by atoms with Gasteiger partial charge in [-0.25, -0.2) is 14.8 Å². The van der Waals surface area contributed by atoms with E-state index < -0.39 is 24.3 Å². The van der Waals surface area contributed by atoms with Crippen LogP contribution in [0.15, 0.2) is 42.5 Å². The van der Waals surface area contributed by atoms with Crippen molar-refractivity contribution in [1.82, 2.24) is 9.97 Å². The van der Waals surface area contributed by atoms with Gasteiger partial charge < -0.3 is 14.6 Å². The Hall–Kier alpha value is -3.20. The molecule has 9 heteroatoms. The molecule has 6 nitrogen and oxygen atoms in total. The van der Waals surface area contributed by atoms with Gasteiger partial charge in [-0.15, -0.1) is 0 Å². The fraction of sp³-hybridized carbons (Fsp3) is 0.250. The quantitative estimate of drug-likeness (QED) is 0.595. The molecule has 3 aromatic rings. The van der Waals surface area contributed by atoms with Gasteiger partial charge in [0.15, 0.2) is 5.82 Å². The number of benzene rings is 2. The molecule has 0 radical (unpaired) electrons. The number of aliphatic carboxylic acids is 1. The molecule has 2 aromatic carbocycles. The van der Waals surface area contributed by atoms with Gasteiger partial charge in [-0.05, 0) is 43.3 Å². The minimum absolute atomic E-state index is 0.128. The number of carboxylic acid groups (broad SMARTS) is 1. The molecule has 0 bridgehead atoms. The van der Waals surface area contributed by atoms with Gasteiger partial charge in [-0.3, -0.25) is 0 Å². The van der Waals surface area contributed by atoms with E-state index in [1.54, 1.807) is 31.2 Å². The molecular weight excluding hydrogens is 389 g/mol. The number of hydrogen-bond acceptors (Lipinski definition) is 5. The molecule has 0 unspecified atom stereocenters. The van der Waals surface area contributed by atoms with Crippen molar-refractivity contribution in [2.45, 2.75) is 13.1 Å². The lowest BCUT2D eigenvalue weighted by molar-refractivity contribution is -0.142. The van der Waals surface area contributed by atoms with Crippen molar-refractivity contribution in [1.29, 1.82) is 0 Å². The van der Waals surface area contributed by atoms with Gasteiger partial charge in [0.25, 0.3) is 0 Å². The highest BCUT2D eigenvalue weighted by atomic mass is 19.4. The van der Waals surface area contributed by atoms with E-state index in [0.717, 1.165) is 12.1 Å². The fourth-order valence-electron chi connectivity index (χ4n) is 2.67. The largest absolute Gasteiger partial charge is 0.491 e. The van der Waals surface area contributed by atoms with Crippen LogP contribution in [0.3, 0.4) is 0 Å². The Morgan fingerprint density at radius 1 is 1.07 bits per heavy atom. The minimum Gasteiger partial charge on any atom is -0.491 e. The van der Waals surface area contributed by atoms with Crippen molar-refractivity contribution in [2.24, 2.45) is 0 Å². The molecule has 0 spiro atoms. The predicted molar refractivity (Wildman–Crippen MR) is 98.7 cm³/mol. The molecule has 0 atom stereocenters. The third kappa shape index (κ3) is 5.20. The molecule has 152 valence electrons. The smallest absolute Gasteiger partial charge is 0.416 e. The summed E-state index contributed by atoms with van der Waals surface area (Å²) in [5, 5.41) is 9.03. The summed E-state index contributed by atoms with van der Waals surface area (Å²) in [6.07, 6.45) is -4.44. The lowest BCUT2D eigenvalue weighted by Gasteiger charge is -2.10. The number of fused-ring (bicyclic) bond motifs is 1. The summed E-state index contributed by atoms with van der Waals surface area (Å²) >= 11 is 0. The van der Waals surface area contributed by atoms with Crippen LogP contribution in [0.25, 0.3) is 22.3 Å². The van der Waals surface area contributed by atoms with Crippen LogP contribution in [0.1, 0.15) is 11.3 Å². The number of hydrogen-bond donors (Lipinski definition) is 1. The maximum absolute atomic E-state index is 13.0. The average molecular weight is 406 g/mol. The van der Waals surface area contributed by atoms with Gasteiger partial charge in [0, 0.05) is 16.6 Å². The monoisotopic (exact) mass is 406 g/mol. The summed E-state index contributed by atoms with van der Waals surface area (Å²) < 4.78 is 49.3.